The number of aromatic amines is 1. The summed E-state index contributed by atoms with van der Waals surface area (Å²) in [4.78, 5) is 88.0. The molecule has 464 valence electrons. The second kappa shape index (κ2) is 33.8. The highest BCUT2D eigenvalue weighted by atomic mass is 31.2. The van der Waals surface area contributed by atoms with Gasteiger partial charge in [-0.3, -0.25) is 19.1 Å². The van der Waals surface area contributed by atoms with Crippen molar-refractivity contribution in [1.82, 2.24) is 34.4 Å². The number of unbranched alkanes of at least 4 members (excludes halogenated alkanes) is 4. The molecule has 2 saturated heterocycles. The van der Waals surface area contributed by atoms with Gasteiger partial charge >= 0.3 is 17.9 Å². The highest BCUT2D eigenvalue weighted by molar-refractivity contribution is 7.44. The van der Waals surface area contributed by atoms with Crippen LogP contribution in [0.2, 0.25) is 0 Å². The lowest BCUT2D eigenvalue weighted by Crippen LogP contribution is -2.58. The minimum Gasteiger partial charge on any atom is -0.459 e. The Morgan fingerprint density at radius 1 is 0.779 bits per heavy atom. The van der Waals surface area contributed by atoms with Crippen molar-refractivity contribution in [2.24, 2.45) is 10.9 Å². The maximum Gasteiger partial charge on any atom is 0.338 e. The monoisotopic (exact) mass is 1210 g/mol. The number of hydrogen-bond donors (Lipinski definition) is 2. The van der Waals surface area contributed by atoms with E-state index >= 15 is 0 Å². The molecule has 2 aliphatic rings. The van der Waals surface area contributed by atoms with Gasteiger partial charge in [0.1, 0.15) is 37.6 Å². The number of benzene rings is 3. The van der Waals surface area contributed by atoms with E-state index in [-0.39, 0.29) is 79.0 Å². The summed E-state index contributed by atoms with van der Waals surface area (Å²) in [7, 11) is 1.96. The van der Waals surface area contributed by atoms with Crippen LogP contribution in [0.5, 0.6) is 0 Å². The van der Waals surface area contributed by atoms with Crippen LogP contribution in [0.4, 0.5) is 5.95 Å². The number of aromatic nitrogens is 4. The molecule has 5 aromatic rings. The number of carbonyl (C=O) groups excluding carboxylic acids is 4. The van der Waals surface area contributed by atoms with Crippen molar-refractivity contribution < 1.29 is 61.4 Å². The first-order chi connectivity index (χ1) is 41.6. The molecule has 0 radical (unpaired) electrons. The van der Waals surface area contributed by atoms with Crippen molar-refractivity contribution in [2.45, 2.75) is 154 Å². The van der Waals surface area contributed by atoms with Crippen molar-refractivity contribution in [3.63, 3.8) is 0 Å². The molecule has 2 fully saturated rings. The Labute approximate surface area is 504 Å². The third kappa shape index (κ3) is 18.8. The Bertz CT molecular complexity index is 3050. The molecule has 1 amide bonds. The van der Waals surface area contributed by atoms with E-state index in [1.54, 1.807) is 114 Å². The van der Waals surface area contributed by atoms with Gasteiger partial charge in [-0.2, -0.15) is 4.98 Å². The van der Waals surface area contributed by atoms with Crippen LogP contribution in [0.25, 0.3) is 16.0 Å². The van der Waals surface area contributed by atoms with E-state index in [9.17, 15) is 24.0 Å². The molecule has 0 saturated carbocycles. The lowest BCUT2D eigenvalue weighted by Gasteiger charge is -2.44. The lowest BCUT2D eigenvalue weighted by atomic mass is 9.91. The minimum absolute atomic E-state index is 0.0629. The number of carbonyl (C=O) groups is 4. The molecule has 2 N–H and O–H groups in total. The van der Waals surface area contributed by atoms with Gasteiger partial charge in [0.2, 0.25) is 18.4 Å². The van der Waals surface area contributed by atoms with Crippen molar-refractivity contribution in [2.75, 3.05) is 53.6 Å². The van der Waals surface area contributed by atoms with Crippen LogP contribution in [0.15, 0.2) is 107 Å². The molecule has 23 nitrogen and oxygen atoms in total. The van der Waals surface area contributed by atoms with E-state index in [0.29, 0.717) is 44.4 Å². The highest BCUT2D eigenvalue weighted by Gasteiger charge is 2.51. The van der Waals surface area contributed by atoms with Gasteiger partial charge in [0, 0.05) is 58.3 Å². The molecule has 2 unspecified atom stereocenters. The zero-order valence-electron chi connectivity index (χ0n) is 50.4. The molecular formula is C62H82N9O14P. The van der Waals surface area contributed by atoms with Gasteiger partial charge in [0.05, 0.1) is 35.5 Å². The Kier molecular flexibility index (Phi) is 26.1. The van der Waals surface area contributed by atoms with Gasteiger partial charge < -0.3 is 57.3 Å². The van der Waals surface area contributed by atoms with Gasteiger partial charge in [-0.1, -0.05) is 81.3 Å². The maximum absolute atomic E-state index is 13.6. The van der Waals surface area contributed by atoms with Crippen LogP contribution >= 0.6 is 8.53 Å². The van der Waals surface area contributed by atoms with Crippen LogP contribution < -0.4 is 10.9 Å². The number of esters is 3. The van der Waals surface area contributed by atoms with E-state index in [2.05, 4.69) is 62.5 Å². The Hall–Kier alpha value is -7.00. The minimum atomic E-state index is -1.67. The number of H-pyrrole nitrogens is 1. The van der Waals surface area contributed by atoms with Crippen LogP contribution in [0.1, 0.15) is 130 Å². The fraction of sp³-hybridized carbons (Fsp3) is 0.532. The van der Waals surface area contributed by atoms with Crippen molar-refractivity contribution in [1.29, 1.82) is 0 Å². The zero-order chi connectivity index (χ0) is 61.5. The van der Waals surface area contributed by atoms with Gasteiger partial charge in [-0.15, -0.1) is 0 Å². The summed E-state index contributed by atoms with van der Waals surface area (Å²) in [6.07, 6.45) is 1.14. The Morgan fingerprint density at radius 3 is 2.00 bits per heavy atom. The quantitative estimate of drug-likeness (QED) is 0.00755. The van der Waals surface area contributed by atoms with Crippen LogP contribution in [-0.2, 0) is 47.0 Å². The van der Waals surface area contributed by atoms with Gasteiger partial charge in [-0.05, 0) is 96.2 Å². The van der Waals surface area contributed by atoms with E-state index in [0.717, 1.165) is 19.3 Å². The van der Waals surface area contributed by atoms with Crippen molar-refractivity contribution >= 4 is 55.8 Å². The summed E-state index contributed by atoms with van der Waals surface area (Å²) < 4.78 is 61.3. The SMILES string of the molecule is [C-]#[N+]CCOP(OC1[C@@H](CC)O[C@@H](n2cnc3c(=O)[nH]c(N=CN(C)C)nc32)[C@H]1OCCCCCCNC(=O)CCCCO[C@@H]1O[C@H](COC(=O)c2ccccc2)[C@H](OC(=O)c2ccccc2)[C@H](OC(=O)c2ccccc2)[C@H]1C)N(C(C)C)C(C)C. The third-order valence-corrected chi connectivity index (χ3v) is 16.4. The number of hydrogen-bond acceptors (Lipinski definition) is 18. The average molecular weight is 1210 g/mol. The summed E-state index contributed by atoms with van der Waals surface area (Å²) in [6.45, 7) is 20.5. The molecule has 7 rings (SSSR count). The standard InChI is InChI=1S/C62H82N9O14P/c1-10-47-53(85-86(80-37-34-63-7)71(41(2)3)42(4)5)54(57(81-47)70-40-65-50-55(70)67-62(68-56(50)73)66-39-69(8)9)77-35-24-12-11-23-33-64-49(72)32-22-25-36-78-61-43(6)51(83-59(75)45-28-18-14-19-29-45)52(84-60(76)46-30-20-15-21-31-46)48(82-61)38-79-58(74)44-26-16-13-17-27-44/h13-21,26-31,39-43,47-48,51-54,57,61H,10-12,22-25,32-38H2,1-6,8-9H3,(H,64,72)(H,67,68,73)/t43-,47-,48-,51-,52+,53?,54+,57-,61-,86?/m1/s1. The average Bonchev–Trinajstić information content (AvgIpc) is 3.10. The van der Waals surface area contributed by atoms with E-state index in [1.807, 2.05) is 21.0 Å². The molecule has 2 aliphatic heterocycles. The number of nitrogens with one attached hydrogen (secondary N) is 2. The Balaban J connectivity index is 0.919. The molecule has 0 bridgehead atoms. The smallest absolute Gasteiger partial charge is 0.338 e. The number of aliphatic imine (C=N–C) groups is 1. The van der Waals surface area contributed by atoms with Gasteiger partial charge in [0.15, 0.2) is 29.8 Å². The maximum atomic E-state index is 13.6. The molecule has 24 heteroatoms. The van der Waals surface area contributed by atoms with Crippen LogP contribution in [0.3, 0.4) is 0 Å². The van der Waals surface area contributed by atoms with E-state index in [4.69, 9.17) is 48.8 Å². The third-order valence-electron chi connectivity index (χ3n) is 14.3. The summed E-state index contributed by atoms with van der Waals surface area (Å²) in [5.41, 5.74) is 0.827. The molecular weight excluding hydrogens is 1130 g/mol. The number of amides is 1. The fourth-order valence-corrected chi connectivity index (χ4v) is 11.8. The molecule has 10 atom stereocenters. The predicted octanol–water partition coefficient (Wildman–Crippen LogP) is 9.23. The topological polar surface area (TPSA) is 250 Å². The summed E-state index contributed by atoms with van der Waals surface area (Å²) in [5.74, 6) is -2.60. The summed E-state index contributed by atoms with van der Waals surface area (Å²) >= 11 is 0. The van der Waals surface area contributed by atoms with Gasteiger partial charge in [0.25, 0.3) is 14.1 Å². The highest BCUT2D eigenvalue weighted by Crippen LogP contribution is 2.51. The normalized spacial score (nSPS) is 21.6. The zero-order valence-corrected chi connectivity index (χ0v) is 51.3. The van der Waals surface area contributed by atoms with Gasteiger partial charge in [-0.25, -0.2) is 35.6 Å². The van der Waals surface area contributed by atoms with E-state index in [1.165, 1.54) is 6.33 Å². The van der Waals surface area contributed by atoms with Crippen molar-refractivity contribution in [3.05, 3.63) is 136 Å². The number of nitrogens with zero attached hydrogens (tertiary/aromatic N) is 7. The number of rotatable bonds is 33. The predicted molar refractivity (Wildman–Crippen MR) is 322 cm³/mol. The molecule has 0 spiro atoms. The number of ether oxygens (including phenoxy) is 7. The van der Waals surface area contributed by atoms with Crippen molar-refractivity contribution in [3.8, 4) is 0 Å². The Morgan fingerprint density at radius 2 is 1.38 bits per heavy atom. The largest absolute Gasteiger partial charge is 0.459 e. The molecule has 4 heterocycles. The molecule has 2 aromatic heterocycles. The fourth-order valence-electron chi connectivity index (χ4n) is 10.0. The first-order valence-electron chi connectivity index (χ1n) is 29.5. The summed E-state index contributed by atoms with van der Waals surface area (Å²) in [6, 6.07) is 25.4. The van der Waals surface area contributed by atoms with Crippen LogP contribution in [0, 0.1) is 12.5 Å². The number of imidazole rings is 1. The van der Waals surface area contributed by atoms with Crippen LogP contribution in [-0.4, -0.2) is 168 Å². The molecule has 0 aliphatic carbocycles. The first-order valence-corrected chi connectivity index (χ1v) is 30.6. The number of fused-ring (bicyclic) bond motifs is 1. The van der Waals surface area contributed by atoms with E-state index < -0.39 is 87.1 Å². The summed E-state index contributed by atoms with van der Waals surface area (Å²) in [5, 5.41) is 3.03. The second-order valence-corrected chi connectivity index (χ2v) is 23.2. The molecule has 86 heavy (non-hydrogen) atoms. The first kappa shape index (κ1) is 66.5. The lowest BCUT2D eigenvalue weighted by molar-refractivity contribution is -0.281. The molecule has 3 aromatic carbocycles. The second-order valence-electron chi connectivity index (χ2n) is 21.8.